The second-order valence-corrected chi connectivity index (χ2v) is 5.28. The number of H-pyrrole nitrogens is 1. The van der Waals surface area contributed by atoms with Crippen molar-refractivity contribution in [3.05, 3.63) is 40.1 Å². The van der Waals surface area contributed by atoms with Gasteiger partial charge in [0.2, 0.25) is 0 Å². The number of aromatic carboxylic acids is 1. The summed E-state index contributed by atoms with van der Waals surface area (Å²) in [4.78, 5) is 22.6. The lowest BCUT2D eigenvalue weighted by Crippen LogP contribution is -2.19. The minimum Gasteiger partial charge on any atom is -0.478 e. The first-order valence-electron chi connectivity index (χ1n) is 5.78. The molecule has 0 aliphatic rings. The van der Waals surface area contributed by atoms with Gasteiger partial charge in [-0.3, -0.25) is 4.57 Å². The molecule has 1 heterocycles. The predicted molar refractivity (Wildman–Crippen MR) is 70.7 cm³/mol. The standard InChI is InChI=1S/C12H12FN3O3S/c1-6(2)16-11(19)14-15-12(16)20-9-7(10(17)18)4-3-5-8(9)13/h3-6H,1-2H3,(H,14,19)(H,17,18). The Labute approximate surface area is 117 Å². The van der Waals surface area contributed by atoms with E-state index in [-0.39, 0.29) is 21.7 Å². The molecule has 6 nitrogen and oxygen atoms in total. The molecule has 0 aliphatic heterocycles. The van der Waals surface area contributed by atoms with E-state index >= 15 is 0 Å². The molecule has 0 radical (unpaired) electrons. The number of carbonyl (C=O) groups is 1. The third-order valence-electron chi connectivity index (χ3n) is 2.58. The first-order chi connectivity index (χ1) is 9.41. The summed E-state index contributed by atoms with van der Waals surface area (Å²) in [6.45, 7) is 3.56. The van der Waals surface area contributed by atoms with Crippen LogP contribution in [0.2, 0.25) is 0 Å². The predicted octanol–water partition coefficient (Wildman–Crippen LogP) is 2.14. The number of hydrogen-bond donors (Lipinski definition) is 2. The molecule has 8 heteroatoms. The van der Waals surface area contributed by atoms with Crippen LogP contribution in [0.25, 0.3) is 0 Å². The number of aromatic amines is 1. The second kappa shape index (κ2) is 5.49. The maximum absolute atomic E-state index is 13.8. The molecule has 1 aromatic heterocycles. The van der Waals surface area contributed by atoms with Crippen LogP contribution in [0.1, 0.15) is 30.2 Å². The van der Waals surface area contributed by atoms with Crippen molar-refractivity contribution in [2.45, 2.75) is 29.9 Å². The molecule has 1 aromatic carbocycles. The number of carboxylic acid groups (broad SMARTS) is 1. The summed E-state index contributed by atoms with van der Waals surface area (Å²) in [5.74, 6) is -1.90. The summed E-state index contributed by atoms with van der Waals surface area (Å²) >= 11 is 0.810. The van der Waals surface area contributed by atoms with Gasteiger partial charge < -0.3 is 5.11 Å². The minimum atomic E-state index is -1.24. The molecule has 0 atom stereocenters. The zero-order valence-electron chi connectivity index (χ0n) is 10.8. The van der Waals surface area contributed by atoms with Gasteiger partial charge in [0.1, 0.15) is 5.82 Å². The lowest BCUT2D eigenvalue weighted by Gasteiger charge is -2.10. The molecule has 0 saturated heterocycles. The van der Waals surface area contributed by atoms with E-state index < -0.39 is 17.5 Å². The van der Waals surface area contributed by atoms with E-state index in [1.165, 1.54) is 22.8 Å². The Balaban J connectivity index is 2.51. The fourth-order valence-corrected chi connectivity index (χ4v) is 2.79. The number of rotatable bonds is 4. The third-order valence-corrected chi connectivity index (χ3v) is 3.67. The highest BCUT2D eigenvalue weighted by Crippen LogP contribution is 2.31. The van der Waals surface area contributed by atoms with Gasteiger partial charge >= 0.3 is 11.7 Å². The number of hydrogen-bond acceptors (Lipinski definition) is 4. The topological polar surface area (TPSA) is 88.0 Å². The quantitative estimate of drug-likeness (QED) is 0.902. The summed E-state index contributed by atoms with van der Waals surface area (Å²) in [6, 6.07) is 3.62. The average molecular weight is 297 g/mol. The molecular weight excluding hydrogens is 285 g/mol. The van der Waals surface area contributed by atoms with E-state index in [0.29, 0.717) is 0 Å². The zero-order chi connectivity index (χ0) is 14.9. The molecule has 106 valence electrons. The number of halogens is 1. The minimum absolute atomic E-state index is 0.0686. The van der Waals surface area contributed by atoms with Gasteiger partial charge in [-0.05, 0) is 37.7 Å². The summed E-state index contributed by atoms with van der Waals surface area (Å²) in [5, 5.41) is 15.4. The largest absolute Gasteiger partial charge is 0.478 e. The van der Waals surface area contributed by atoms with Crippen molar-refractivity contribution in [2.24, 2.45) is 0 Å². The van der Waals surface area contributed by atoms with Gasteiger partial charge in [-0.1, -0.05) is 6.07 Å². The van der Waals surface area contributed by atoms with Crippen molar-refractivity contribution in [2.75, 3.05) is 0 Å². The lowest BCUT2D eigenvalue weighted by molar-refractivity contribution is 0.0692. The van der Waals surface area contributed by atoms with Crippen LogP contribution in [0.3, 0.4) is 0 Å². The molecule has 0 unspecified atom stereocenters. The van der Waals surface area contributed by atoms with Gasteiger partial charge in [0.05, 0.1) is 10.5 Å². The Morgan fingerprint density at radius 1 is 1.50 bits per heavy atom. The number of aromatic nitrogens is 3. The van der Waals surface area contributed by atoms with Crippen molar-refractivity contribution in [3.8, 4) is 0 Å². The number of nitrogens with zero attached hydrogens (tertiary/aromatic N) is 2. The smallest absolute Gasteiger partial charge is 0.344 e. The van der Waals surface area contributed by atoms with Crippen LogP contribution in [0.4, 0.5) is 4.39 Å². The van der Waals surface area contributed by atoms with Crippen LogP contribution in [0.15, 0.2) is 33.0 Å². The molecule has 0 aliphatic carbocycles. The number of nitrogens with one attached hydrogen (secondary N) is 1. The molecule has 0 bridgehead atoms. The average Bonchev–Trinajstić information content (AvgIpc) is 2.72. The van der Waals surface area contributed by atoms with Crippen molar-refractivity contribution < 1.29 is 14.3 Å². The van der Waals surface area contributed by atoms with Crippen LogP contribution in [-0.4, -0.2) is 25.8 Å². The van der Waals surface area contributed by atoms with Crippen molar-refractivity contribution in [3.63, 3.8) is 0 Å². The highest BCUT2D eigenvalue weighted by Gasteiger charge is 2.20. The highest BCUT2D eigenvalue weighted by atomic mass is 32.2. The van der Waals surface area contributed by atoms with Crippen LogP contribution in [0, 0.1) is 5.82 Å². The van der Waals surface area contributed by atoms with Crippen LogP contribution in [0.5, 0.6) is 0 Å². The van der Waals surface area contributed by atoms with Crippen molar-refractivity contribution in [1.82, 2.24) is 14.8 Å². The Kier molecular flexibility index (Phi) is 3.93. The Morgan fingerprint density at radius 3 is 2.80 bits per heavy atom. The zero-order valence-corrected chi connectivity index (χ0v) is 11.6. The van der Waals surface area contributed by atoms with E-state index in [0.717, 1.165) is 11.8 Å². The Bertz CT molecular complexity index is 708. The van der Waals surface area contributed by atoms with E-state index in [9.17, 15) is 14.0 Å². The van der Waals surface area contributed by atoms with Gasteiger partial charge in [0.25, 0.3) is 0 Å². The fraction of sp³-hybridized carbons (Fsp3) is 0.250. The van der Waals surface area contributed by atoms with Gasteiger partial charge in [0, 0.05) is 6.04 Å². The first-order valence-corrected chi connectivity index (χ1v) is 6.60. The summed E-state index contributed by atoms with van der Waals surface area (Å²) in [6.07, 6.45) is 0. The molecule has 0 fully saturated rings. The third kappa shape index (κ3) is 2.60. The SMILES string of the molecule is CC(C)n1c(Sc2c(F)cccc2C(=O)O)n[nH]c1=O. The lowest BCUT2D eigenvalue weighted by atomic mass is 10.2. The van der Waals surface area contributed by atoms with Gasteiger partial charge in [-0.15, -0.1) is 5.10 Å². The number of benzene rings is 1. The van der Waals surface area contributed by atoms with E-state index in [1.807, 2.05) is 0 Å². The molecule has 2 N–H and O–H groups in total. The fourth-order valence-electron chi connectivity index (χ4n) is 1.69. The Morgan fingerprint density at radius 2 is 2.20 bits per heavy atom. The first kappa shape index (κ1) is 14.3. The van der Waals surface area contributed by atoms with Gasteiger partial charge in [-0.25, -0.2) is 19.1 Å². The summed E-state index contributed by atoms with van der Waals surface area (Å²) < 4.78 is 15.2. The van der Waals surface area contributed by atoms with Crippen molar-refractivity contribution in [1.29, 1.82) is 0 Å². The van der Waals surface area contributed by atoms with Gasteiger partial charge in [0.15, 0.2) is 5.16 Å². The van der Waals surface area contributed by atoms with E-state index in [2.05, 4.69) is 10.2 Å². The number of carboxylic acids is 1. The van der Waals surface area contributed by atoms with Crippen LogP contribution in [-0.2, 0) is 0 Å². The maximum atomic E-state index is 13.8. The second-order valence-electron chi connectivity index (χ2n) is 4.30. The Hall–Kier alpha value is -2.09. The van der Waals surface area contributed by atoms with Crippen LogP contribution >= 0.6 is 11.8 Å². The molecule has 0 spiro atoms. The van der Waals surface area contributed by atoms with Gasteiger partial charge in [-0.2, -0.15) is 0 Å². The van der Waals surface area contributed by atoms with E-state index in [1.54, 1.807) is 13.8 Å². The van der Waals surface area contributed by atoms with Crippen molar-refractivity contribution >= 4 is 17.7 Å². The summed E-state index contributed by atoms with van der Waals surface area (Å²) in [5.41, 5.74) is -0.587. The van der Waals surface area contributed by atoms with E-state index in [4.69, 9.17) is 5.11 Å². The van der Waals surface area contributed by atoms with Crippen LogP contribution < -0.4 is 5.69 Å². The monoisotopic (exact) mass is 297 g/mol. The summed E-state index contributed by atoms with van der Waals surface area (Å²) in [7, 11) is 0. The highest BCUT2D eigenvalue weighted by molar-refractivity contribution is 7.99. The molecular formula is C12H12FN3O3S. The normalized spacial score (nSPS) is 11.0. The molecule has 20 heavy (non-hydrogen) atoms. The molecule has 0 amide bonds. The molecule has 2 rings (SSSR count). The maximum Gasteiger partial charge on any atom is 0.344 e. The molecule has 0 saturated carbocycles. The molecule has 2 aromatic rings.